The lowest BCUT2D eigenvalue weighted by Crippen LogP contribution is -2.12. The van der Waals surface area contributed by atoms with Gasteiger partial charge in [0.25, 0.3) is 5.91 Å². The lowest BCUT2D eigenvalue weighted by Gasteiger charge is -2.08. The molecule has 2 nitrogen and oxygen atoms in total. The maximum atomic E-state index is 12.2. The van der Waals surface area contributed by atoms with Crippen molar-refractivity contribution in [1.29, 1.82) is 0 Å². The number of nitrogens with one attached hydrogen (secondary N) is 1. The van der Waals surface area contributed by atoms with Gasteiger partial charge in [-0.1, -0.05) is 25.5 Å². The van der Waals surface area contributed by atoms with Crippen LogP contribution in [0, 0.1) is 0 Å². The van der Waals surface area contributed by atoms with Crippen molar-refractivity contribution in [2.75, 3.05) is 5.32 Å². The Bertz CT molecular complexity index is 610. The lowest BCUT2D eigenvalue weighted by atomic mass is 10.1. The zero-order chi connectivity index (χ0) is 14.5. The predicted molar refractivity (Wildman–Crippen MR) is 89.8 cm³/mol. The van der Waals surface area contributed by atoms with E-state index in [4.69, 9.17) is 0 Å². The van der Waals surface area contributed by atoms with Crippen LogP contribution < -0.4 is 5.32 Å². The molecule has 0 aliphatic rings. The van der Waals surface area contributed by atoms with Crippen molar-refractivity contribution >= 4 is 40.2 Å². The zero-order valence-corrected chi connectivity index (χ0v) is 13.7. The van der Waals surface area contributed by atoms with Gasteiger partial charge < -0.3 is 5.32 Å². The molecular weight excluding hydrogens is 334 g/mol. The minimum absolute atomic E-state index is 0.143. The van der Waals surface area contributed by atoms with Gasteiger partial charge in [0.2, 0.25) is 0 Å². The van der Waals surface area contributed by atoms with Gasteiger partial charge in [-0.05, 0) is 58.2 Å². The van der Waals surface area contributed by atoms with Crippen molar-refractivity contribution in [2.45, 2.75) is 24.7 Å². The van der Waals surface area contributed by atoms with Crippen molar-refractivity contribution < 1.29 is 4.79 Å². The second-order valence-corrected chi connectivity index (χ2v) is 5.94. The van der Waals surface area contributed by atoms with Crippen LogP contribution in [0.1, 0.15) is 29.3 Å². The number of halogens is 1. The average molecular weight is 350 g/mol. The summed E-state index contributed by atoms with van der Waals surface area (Å²) in [5.74, 6) is -0.143. The van der Waals surface area contributed by atoms with Crippen molar-refractivity contribution in [3.63, 3.8) is 0 Å². The molecule has 0 atom stereocenters. The Morgan fingerprint density at radius 2 is 1.90 bits per heavy atom. The first-order valence-electron chi connectivity index (χ1n) is 6.49. The number of carbonyl (C=O) groups excluding carboxylic acids is 1. The van der Waals surface area contributed by atoms with Crippen molar-refractivity contribution in [1.82, 2.24) is 0 Å². The summed E-state index contributed by atoms with van der Waals surface area (Å²) >= 11 is 7.64. The summed E-state index contributed by atoms with van der Waals surface area (Å²) in [6, 6.07) is 13.4. The molecule has 0 fully saturated rings. The van der Waals surface area contributed by atoms with Crippen LogP contribution in [0.5, 0.6) is 0 Å². The maximum Gasteiger partial charge on any atom is 0.256 e. The first-order valence-corrected chi connectivity index (χ1v) is 7.73. The molecule has 0 bridgehead atoms. The molecule has 0 spiro atoms. The van der Waals surface area contributed by atoms with E-state index in [0.717, 1.165) is 27.9 Å². The van der Waals surface area contributed by atoms with Gasteiger partial charge in [0.15, 0.2) is 0 Å². The van der Waals surface area contributed by atoms with Gasteiger partial charge in [0, 0.05) is 15.1 Å². The molecule has 104 valence electrons. The number of hydrogen-bond donors (Lipinski definition) is 2. The second-order valence-electron chi connectivity index (χ2n) is 4.57. The molecule has 2 rings (SSSR count). The number of benzene rings is 2. The molecule has 0 aliphatic heterocycles. The Morgan fingerprint density at radius 3 is 2.55 bits per heavy atom. The molecule has 0 aliphatic carbocycles. The highest BCUT2D eigenvalue weighted by Crippen LogP contribution is 2.21. The Balaban J connectivity index is 2.13. The standard InChI is InChI=1S/C16H16BrNOS/c1-2-3-11-4-6-12(7-5-11)18-16(19)14-10-13(20)8-9-15(14)17/h4-10,20H,2-3H2,1H3,(H,18,19). The third-order valence-electron chi connectivity index (χ3n) is 2.95. The summed E-state index contributed by atoms with van der Waals surface area (Å²) in [5.41, 5.74) is 2.66. The molecular formula is C16H16BrNOS. The highest BCUT2D eigenvalue weighted by atomic mass is 79.9. The smallest absolute Gasteiger partial charge is 0.256 e. The maximum absolute atomic E-state index is 12.2. The minimum Gasteiger partial charge on any atom is -0.322 e. The number of carbonyl (C=O) groups is 1. The number of rotatable bonds is 4. The van der Waals surface area contributed by atoms with Gasteiger partial charge in [-0.2, -0.15) is 0 Å². The summed E-state index contributed by atoms with van der Waals surface area (Å²) in [6.07, 6.45) is 2.18. The van der Waals surface area contributed by atoms with Crippen molar-refractivity contribution in [3.8, 4) is 0 Å². The summed E-state index contributed by atoms with van der Waals surface area (Å²) in [5, 5.41) is 2.89. The first-order chi connectivity index (χ1) is 9.60. The fraction of sp³-hybridized carbons (Fsp3) is 0.188. The van der Waals surface area contributed by atoms with Crippen LogP contribution in [0.4, 0.5) is 5.69 Å². The molecule has 0 saturated carbocycles. The highest BCUT2D eigenvalue weighted by Gasteiger charge is 2.10. The van der Waals surface area contributed by atoms with Crippen molar-refractivity contribution in [3.05, 3.63) is 58.1 Å². The van der Waals surface area contributed by atoms with Gasteiger partial charge in [0.1, 0.15) is 0 Å². The molecule has 0 radical (unpaired) electrons. The molecule has 0 unspecified atom stereocenters. The van der Waals surface area contributed by atoms with Gasteiger partial charge in [-0.25, -0.2) is 0 Å². The van der Waals surface area contributed by atoms with Crippen LogP contribution in [0.15, 0.2) is 51.8 Å². The van der Waals surface area contributed by atoms with E-state index < -0.39 is 0 Å². The van der Waals surface area contributed by atoms with Gasteiger partial charge in [-0.15, -0.1) is 12.6 Å². The molecule has 1 N–H and O–H groups in total. The van der Waals surface area contributed by atoms with Gasteiger partial charge in [-0.3, -0.25) is 4.79 Å². The van der Waals surface area contributed by atoms with Crippen LogP contribution in [-0.4, -0.2) is 5.91 Å². The Labute approximate surface area is 133 Å². The van der Waals surface area contributed by atoms with E-state index in [2.05, 4.69) is 40.8 Å². The van der Waals surface area contributed by atoms with E-state index in [9.17, 15) is 4.79 Å². The molecule has 1 amide bonds. The summed E-state index contributed by atoms with van der Waals surface area (Å²) in [7, 11) is 0. The molecule has 0 heterocycles. The SMILES string of the molecule is CCCc1ccc(NC(=O)c2cc(S)ccc2Br)cc1. The van der Waals surface area contributed by atoms with E-state index in [1.165, 1.54) is 5.56 Å². The van der Waals surface area contributed by atoms with Crippen LogP contribution in [-0.2, 0) is 6.42 Å². The van der Waals surface area contributed by atoms with Gasteiger partial charge >= 0.3 is 0 Å². The van der Waals surface area contributed by atoms with Crippen molar-refractivity contribution in [2.24, 2.45) is 0 Å². The highest BCUT2D eigenvalue weighted by molar-refractivity contribution is 9.10. The first kappa shape index (κ1) is 15.1. The summed E-state index contributed by atoms with van der Waals surface area (Å²) < 4.78 is 0.760. The number of thiol groups is 1. The normalized spacial score (nSPS) is 10.3. The van der Waals surface area contributed by atoms with E-state index in [1.54, 1.807) is 6.07 Å². The third kappa shape index (κ3) is 3.87. The molecule has 0 saturated heterocycles. The second kappa shape index (κ2) is 6.95. The van der Waals surface area contributed by atoms with Gasteiger partial charge in [0.05, 0.1) is 5.56 Å². The number of amides is 1. The monoisotopic (exact) mass is 349 g/mol. The number of aryl methyl sites for hydroxylation is 1. The predicted octanol–water partition coefficient (Wildman–Crippen LogP) is 4.94. The van der Waals surface area contributed by atoms with Crippen LogP contribution >= 0.6 is 28.6 Å². The quantitative estimate of drug-likeness (QED) is 0.751. The van der Waals surface area contributed by atoms with E-state index in [-0.39, 0.29) is 5.91 Å². The molecule has 2 aromatic rings. The van der Waals surface area contributed by atoms with E-state index in [0.29, 0.717) is 5.56 Å². The largest absolute Gasteiger partial charge is 0.322 e. The van der Waals surface area contributed by atoms with Crippen LogP contribution in [0.2, 0.25) is 0 Å². The molecule has 4 heteroatoms. The molecule has 2 aromatic carbocycles. The third-order valence-corrected chi connectivity index (χ3v) is 3.91. The zero-order valence-electron chi connectivity index (χ0n) is 11.2. The Kier molecular flexibility index (Phi) is 5.26. The minimum atomic E-state index is -0.143. The summed E-state index contributed by atoms with van der Waals surface area (Å²) in [4.78, 5) is 13.0. The Morgan fingerprint density at radius 1 is 1.20 bits per heavy atom. The summed E-state index contributed by atoms with van der Waals surface area (Å²) in [6.45, 7) is 2.15. The number of hydrogen-bond acceptors (Lipinski definition) is 2. The lowest BCUT2D eigenvalue weighted by molar-refractivity contribution is 0.102. The molecule has 0 aromatic heterocycles. The Hall–Kier alpha value is -1.26. The van der Waals surface area contributed by atoms with Crippen LogP contribution in [0.25, 0.3) is 0 Å². The topological polar surface area (TPSA) is 29.1 Å². The molecule has 20 heavy (non-hydrogen) atoms. The van der Waals surface area contributed by atoms with Crippen LogP contribution in [0.3, 0.4) is 0 Å². The average Bonchev–Trinajstić information content (AvgIpc) is 2.44. The van der Waals surface area contributed by atoms with E-state index in [1.807, 2.05) is 36.4 Å². The fourth-order valence-electron chi connectivity index (χ4n) is 1.93. The fourth-order valence-corrected chi connectivity index (χ4v) is 2.56. The number of anilines is 1. The van der Waals surface area contributed by atoms with E-state index >= 15 is 0 Å².